The first-order valence-electron chi connectivity index (χ1n) is 5.85. The van der Waals surface area contributed by atoms with E-state index >= 15 is 0 Å². The number of nitrogens with one attached hydrogen (secondary N) is 1. The van der Waals surface area contributed by atoms with E-state index in [-0.39, 0.29) is 11.7 Å². The summed E-state index contributed by atoms with van der Waals surface area (Å²) in [5.74, 6) is -0.311. The molecular weight excluding hydrogens is 433 g/mol. The van der Waals surface area contributed by atoms with Gasteiger partial charge in [0.1, 0.15) is 0 Å². The van der Waals surface area contributed by atoms with Gasteiger partial charge in [0.05, 0.1) is 11.3 Å². The molecule has 0 unspecified atom stereocenters. The molecule has 2 aromatic rings. The summed E-state index contributed by atoms with van der Waals surface area (Å²) >= 11 is 5.46. The summed E-state index contributed by atoms with van der Waals surface area (Å²) in [5.41, 5.74) is 1.60. The second kappa shape index (κ2) is 6.49. The van der Waals surface area contributed by atoms with E-state index in [9.17, 15) is 9.59 Å². The molecule has 0 spiro atoms. The topological polar surface area (TPSA) is 46.2 Å². The molecule has 2 aromatic carbocycles. The molecule has 0 saturated carbocycles. The van der Waals surface area contributed by atoms with Crippen LogP contribution in [0.5, 0.6) is 0 Å². The highest BCUT2D eigenvalue weighted by molar-refractivity contribution is 14.1. The molecule has 1 amide bonds. The lowest BCUT2D eigenvalue weighted by Crippen LogP contribution is -2.15. The molecule has 0 aliphatic rings. The Balaban J connectivity index is 2.33. The van der Waals surface area contributed by atoms with Crippen molar-refractivity contribution in [1.82, 2.24) is 0 Å². The lowest BCUT2D eigenvalue weighted by Gasteiger charge is -2.10. The summed E-state index contributed by atoms with van der Waals surface area (Å²) in [6.07, 6.45) is 0. The largest absolute Gasteiger partial charge is 0.321 e. The number of hydrogen-bond donors (Lipinski definition) is 1. The van der Waals surface area contributed by atoms with E-state index in [1.54, 1.807) is 30.3 Å². The Hall–Kier alpha value is -1.21. The van der Waals surface area contributed by atoms with E-state index in [1.807, 2.05) is 12.1 Å². The van der Waals surface area contributed by atoms with Gasteiger partial charge in [-0.15, -0.1) is 0 Å². The minimum atomic E-state index is -0.232. The molecule has 5 heteroatoms. The first kappa shape index (κ1) is 15.2. The van der Waals surface area contributed by atoms with Gasteiger partial charge in [0, 0.05) is 13.6 Å². The van der Waals surface area contributed by atoms with E-state index in [4.69, 9.17) is 0 Å². The van der Waals surface area contributed by atoms with Crippen molar-refractivity contribution in [3.8, 4) is 0 Å². The van der Waals surface area contributed by atoms with Crippen molar-refractivity contribution < 1.29 is 9.59 Å². The summed E-state index contributed by atoms with van der Waals surface area (Å²) in [5, 5.41) is 2.79. The van der Waals surface area contributed by atoms with Crippen LogP contribution in [0.3, 0.4) is 0 Å². The maximum atomic E-state index is 12.3. The van der Waals surface area contributed by atoms with Crippen LogP contribution in [0.25, 0.3) is 0 Å². The molecule has 20 heavy (non-hydrogen) atoms. The standard InChI is InChI=1S/C15H11BrINO2/c1-9(19)11-4-2-3-5-14(11)18-15(20)12-8-10(16)6-7-13(12)17/h2-8H,1H3,(H,18,20). The van der Waals surface area contributed by atoms with Crippen LogP contribution in [0.2, 0.25) is 0 Å². The van der Waals surface area contributed by atoms with Crippen LogP contribution in [0.4, 0.5) is 5.69 Å². The first-order valence-corrected chi connectivity index (χ1v) is 7.72. The minimum Gasteiger partial charge on any atom is -0.321 e. The smallest absolute Gasteiger partial charge is 0.256 e. The number of hydrogen-bond acceptors (Lipinski definition) is 2. The number of carbonyl (C=O) groups is 2. The van der Waals surface area contributed by atoms with Crippen LogP contribution in [0, 0.1) is 3.57 Å². The zero-order chi connectivity index (χ0) is 14.7. The molecule has 0 saturated heterocycles. The SMILES string of the molecule is CC(=O)c1ccccc1NC(=O)c1cc(Br)ccc1I. The molecule has 0 heterocycles. The van der Waals surface area contributed by atoms with Gasteiger partial charge < -0.3 is 5.32 Å². The number of Topliss-reactive ketones (excluding diaryl/α,β-unsaturated/α-hetero) is 1. The Morgan fingerprint density at radius 2 is 1.80 bits per heavy atom. The number of para-hydroxylation sites is 1. The fourth-order valence-corrected chi connectivity index (χ4v) is 2.70. The van der Waals surface area contributed by atoms with Gasteiger partial charge >= 0.3 is 0 Å². The Morgan fingerprint density at radius 1 is 1.10 bits per heavy atom. The van der Waals surface area contributed by atoms with Gasteiger partial charge in [0.25, 0.3) is 5.91 Å². The summed E-state index contributed by atoms with van der Waals surface area (Å²) in [6, 6.07) is 12.5. The summed E-state index contributed by atoms with van der Waals surface area (Å²) in [4.78, 5) is 23.9. The van der Waals surface area contributed by atoms with Crippen LogP contribution in [-0.2, 0) is 0 Å². The molecule has 0 fully saturated rings. The minimum absolute atomic E-state index is 0.0789. The fraction of sp³-hybridized carbons (Fsp3) is 0.0667. The van der Waals surface area contributed by atoms with Crippen LogP contribution >= 0.6 is 38.5 Å². The second-order valence-corrected chi connectivity index (χ2v) is 6.26. The van der Waals surface area contributed by atoms with Gasteiger partial charge in [0.2, 0.25) is 0 Å². The molecule has 2 rings (SSSR count). The third-order valence-electron chi connectivity index (χ3n) is 2.73. The van der Waals surface area contributed by atoms with Gasteiger partial charge in [0.15, 0.2) is 5.78 Å². The number of carbonyl (C=O) groups excluding carboxylic acids is 2. The molecule has 0 radical (unpaired) electrons. The number of halogens is 2. The quantitative estimate of drug-likeness (QED) is 0.560. The van der Waals surface area contributed by atoms with Gasteiger partial charge in [-0.05, 0) is 59.8 Å². The molecule has 0 aliphatic heterocycles. The summed E-state index contributed by atoms with van der Waals surface area (Å²) < 4.78 is 1.69. The fourth-order valence-electron chi connectivity index (χ4n) is 1.76. The van der Waals surface area contributed by atoms with Crippen molar-refractivity contribution in [3.05, 3.63) is 61.6 Å². The van der Waals surface area contributed by atoms with Crippen LogP contribution in [0.1, 0.15) is 27.6 Å². The molecule has 0 aliphatic carbocycles. The van der Waals surface area contributed by atoms with Crippen molar-refractivity contribution >= 4 is 55.9 Å². The van der Waals surface area contributed by atoms with Gasteiger partial charge in [-0.1, -0.05) is 28.1 Å². The van der Waals surface area contributed by atoms with Crippen molar-refractivity contribution in [2.24, 2.45) is 0 Å². The Labute approximate surface area is 139 Å². The third-order valence-corrected chi connectivity index (χ3v) is 4.16. The average molecular weight is 444 g/mol. The van der Waals surface area contributed by atoms with Crippen molar-refractivity contribution in [1.29, 1.82) is 0 Å². The molecule has 0 bridgehead atoms. The Bertz CT molecular complexity index is 685. The molecule has 102 valence electrons. The summed E-state index contributed by atoms with van der Waals surface area (Å²) in [7, 11) is 0. The number of anilines is 1. The lowest BCUT2D eigenvalue weighted by molar-refractivity contribution is 0.101. The van der Waals surface area contributed by atoms with Crippen LogP contribution in [-0.4, -0.2) is 11.7 Å². The molecular formula is C15H11BrINO2. The first-order chi connectivity index (χ1) is 9.49. The van der Waals surface area contributed by atoms with E-state index in [0.29, 0.717) is 16.8 Å². The van der Waals surface area contributed by atoms with Crippen molar-refractivity contribution in [3.63, 3.8) is 0 Å². The number of benzene rings is 2. The number of ketones is 1. The third kappa shape index (κ3) is 3.46. The molecule has 1 N–H and O–H groups in total. The van der Waals surface area contributed by atoms with Crippen LogP contribution in [0.15, 0.2) is 46.9 Å². The Kier molecular flexibility index (Phi) is 4.93. The maximum Gasteiger partial charge on any atom is 0.256 e. The normalized spacial score (nSPS) is 10.2. The van der Waals surface area contributed by atoms with Gasteiger partial charge in [-0.25, -0.2) is 0 Å². The maximum absolute atomic E-state index is 12.3. The average Bonchev–Trinajstić information content (AvgIpc) is 2.41. The number of rotatable bonds is 3. The van der Waals surface area contributed by atoms with E-state index in [0.717, 1.165) is 8.04 Å². The van der Waals surface area contributed by atoms with E-state index in [2.05, 4.69) is 43.8 Å². The zero-order valence-electron chi connectivity index (χ0n) is 10.6. The molecule has 3 nitrogen and oxygen atoms in total. The van der Waals surface area contributed by atoms with E-state index in [1.165, 1.54) is 6.92 Å². The highest BCUT2D eigenvalue weighted by Gasteiger charge is 2.13. The predicted molar refractivity (Wildman–Crippen MR) is 91.3 cm³/mol. The zero-order valence-corrected chi connectivity index (χ0v) is 14.4. The monoisotopic (exact) mass is 443 g/mol. The highest BCUT2D eigenvalue weighted by atomic mass is 127. The van der Waals surface area contributed by atoms with E-state index < -0.39 is 0 Å². The molecule has 0 atom stereocenters. The van der Waals surface area contributed by atoms with Gasteiger partial charge in [-0.3, -0.25) is 9.59 Å². The predicted octanol–water partition coefficient (Wildman–Crippen LogP) is 4.51. The van der Waals surface area contributed by atoms with Gasteiger partial charge in [-0.2, -0.15) is 0 Å². The van der Waals surface area contributed by atoms with Crippen molar-refractivity contribution in [2.45, 2.75) is 6.92 Å². The number of amides is 1. The lowest BCUT2D eigenvalue weighted by atomic mass is 10.1. The second-order valence-electron chi connectivity index (χ2n) is 4.18. The van der Waals surface area contributed by atoms with Crippen LogP contribution < -0.4 is 5.32 Å². The Morgan fingerprint density at radius 3 is 2.50 bits per heavy atom. The van der Waals surface area contributed by atoms with Crippen molar-refractivity contribution in [2.75, 3.05) is 5.32 Å². The summed E-state index contributed by atoms with van der Waals surface area (Å²) in [6.45, 7) is 1.48. The highest BCUT2D eigenvalue weighted by Crippen LogP contribution is 2.21. The molecule has 0 aromatic heterocycles.